The van der Waals surface area contributed by atoms with E-state index >= 15 is 0 Å². The largest absolute Gasteiger partial charge is 0.385 e. The summed E-state index contributed by atoms with van der Waals surface area (Å²) in [5.41, 5.74) is 18.5. The van der Waals surface area contributed by atoms with E-state index in [4.69, 9.17) is 16.2 Å². The molecule has 0 heterocycles. The molecule has 3 heteroatoms. The maximum absolute atomic E-state index is 7.00. The van der Waals surface area contributed by atoms with Gasteiger partial charge in [-0.15, -0.1) is 0 Å². The quantitative estimate of drug-likeness (QED) is 0.455. The van der Waals surface area contributed by atoms with Crippen molar-refractivity contribution in [2.24, 2.45) is 29.2 Å². The Balaban J connectivity index is 1.31. The first-order valence-corrected chi connectivity index (χ1v) is 13.5. The molecule has 32 heavy (non-hydrogen) atoms. The molecule has 1 aromatic carbocycles. The maximum atomic E-state index is 7.00. The first-order chi connectivity index (χ1) is 15.3. The van der Waals surface area contributed by atoms with Gasteiger partial charge in [0.1, 0.15) is 0 Å². The molecular weight excluding hydrogens is 392 g/mol. The summed E-state index contributed by atoms with van der Waals surface area (Å²) in [7, 11) is 1.81. The van der Waals surface area contributed by atoms with E-state index in [1.54, 1.807) is 16.7 Å². The number of nitrogens with two attached hydrogens (primary N) is 2. The fraction of sp³-hybridized carbons (Fsp3) is 0.793. The highest BCUT2D eigenvalue weighted by atomic mass is 16.5. The Morgan fingerprint density at radius 3 is 2.50 bits per heavy atom. The van der Waals surface area contributed by atoms with Crippen LogP contribution in [0.1, 0.15) is 107 Å². The Kier molecular flexibility index (Phi) is 7.69. The van der Waals surface area contributed by atoms with Crippen molar-refractivity contribution < 1.29 is 4.74 Å². The van der Waals surface area contributed by atoms with Gasteiger partial charge in [0.05, 0.1) is 0 Å². The Hall–Kier alpha value is -0.900. The fourth-order valence-electron chi connectivity index (χ4n) is 7.57. The molecule has 2 fully saturated rings. The SMILES string of the molecule is COCCCC1CCc2cc([C@H]3CC[C@](N)(CC(C)C[C@@]4(N)CC[C@H](C)C4)C3)ccc2C1. The van der Waals surface area contributed by atoms with E-state index < -0.39 is 0 Å². The van der Waals surface area contributed by atoms with E-state index in [-0.39, 0.29) is 11.1 Å². The molecule has 0 aliphatic heterocycles. The van der Waals surface area contributed by atoms with Gasteiger partial charge in [-0.25, -0.2) is 0 Å². The highest BCUT2D eigenvalue weighted by molar-refractivity contribution is 5.36. The Morgan fingerprint density at radius 1 is 1.03 bits per heavy atom. The smallest absolute Gasteiger partial charge is 0.0462 e. The van der Waals surface area contributed by atoms with Crippen LogP contribution in [0.15, 0.2) is 18.2 Å². The van der Waals surface area contributed by atoms with Gasteiger partial charge in [0.25, 0.3) is 0 Å². The third kappa shape index (κ3) is 5.96. The van der Waals surface area contributed by atoms with Crippen molar-refractivity contribution in [1.29, 1.82) is 0 Å². The van der Waals surface area contributed by atoms with Crippen molar-refractivity contribution >= 4 is 0 Å². The van der Waals surface area contributed by atoms with Gasteiger partial charge in [0, 0.05) is 24.8 Å². The predicted octanol–water partition coefficient (Wildman–Crippen LogP) is 6.12. The van der Waals surface area contributed by atoms with Gasteiger partial charge in [-0.1, -0.05) is 32.0 Å². The number of ether oxygens (including phenoxy) is 1. The summed E-state index contributed by atoms with van der Waals surface area (Å²) in [4.78, 5) is 0. The normalized spacial score (nSPS) is 35.7. The number of fused-ring (bicyclic) bond motifs is 1. The Bertz CT molecular complexity index is 764. The minimum atomic E-state index is -0.00693. The third-order valence-corrected chi connectivity index (χ3v) is 9.04. The van der Waals surface area contributed by atoms with Gasteiger partial charge in [0.15, 0.2) is 0 Å². The van der Waals surface area contributed by atoms with E-state index in [1.165, 1.54) is 57.8 Å². The van der Waals surface area contributed by atoms with Gasteiger partial charge < -0.3 is 16.2 Å². The van der Waals surface area contributed by atoms with Gasteiger partial charge in [-0.05, 0) is 124 Å². The van der Waals surface area contributed by atoms with Crippen molar-refractivity contribution in [3.8, 4) is 0 Å². The summed E-state index contributed by atoms with van der Waals surface area (Å²) in [6.45, 7) is 5.64. The molecule has 2 unspecified atom stereocenters. The summed E-state index contributed by atoms with van der Waals surface area (Å²) >= 11 is 0. The molecule has 0 saturated heterocycles. The molecule has 1 aromatic rings. The molecule has 3 aliphatic carbocycles. The van der Waals surface area contributed by atoms with Crippen LogP contribution >= 0.6 is 0 Å². The van der Waals surface area contributed by atoms with Crippen LogP contribution < -0.4 is 11.5 Å². The summed E-state index contributed by atoms with van der Waals surface area (Å²) in [5, 5.41) is 0. The zero-order valence-electron chi connectivity index (χ0n) is 21.0. The lowest BCUT2D eigenvalue weighted by molar-refractivity contribution is 0.185. The lowest BCUT2D eigenvalue weighted by atomic mass is 9.78. The van der Waals surface area contributed by atoms with E-state index in [1.807, 2.05) is 7.11 Å². The monoisotopic (exact) mass is 440 g/mol. The Morgan fingerprint density at radius 2 is 1.78 bits per heavy atom. The molecule has 4 N–H and O–H groups in total. The maximum Gasteiger partial charge on any atom is 0.0462 e. The molecular formula is C29H48N2O. The zero-order valence-corrected chi connectivity index (χ0v) is 21.0. The number of aryl methyl sites for hydroxylation is 1. The number of benzene rings is 1. The summed E-state index contributed by atoms with van der Waals surface area (Å²) < 4.78 is 5.24. The lowest BCUT2D eigenvalue weighted by Gasteiger charge is -2.33. The lowest BCUT2D eigenvalue weighted by Crippen LogP contribution is -2.43. The second-order valence-corrected chi connectivity index (χ2v) is 12.3. The van der Waals surface area contributed by atoms with Crippen molar-refractivity contribution in [2.75, 3.05) is 13.7 Å². The molecule has 180 valence electrons. The first kappa shape index (κ1) is 24.2. The van der Waals surface area contributed by atoms with Crippen LogP contribution in [0, 0.1) is 17.8 Å². The third-order valence-electron chi connectivity index (χ3n) is 9.04. The molecule has 0 radical (unpaired) electrons. The second kappa shape index (κ2) is 10.2. The summed E-state index contributed by atoms with van der Waals surface area (Å²) in [6.07, 6.45) is 15.8. The fourth-order valence-corrected chi connectivity index (χ4v) is 7.57. The van der Waals surface area contributed by atoms with E-state index in [9.17, 15) is 0 Å². The molecule has 0 spiro atoms. The minimum absolute atomic E-state index is 0.00693. The molecule has 0 aromatic heterocycles. The van der Waals surface area contributed by atoms with Crippen LogP contribution in [0.3, 0.4) is 0 Å². The predicted molar refractivity (Wildman–Crippen MR) is 135 cm³/mol. The molecule has 4 rings (SSSR count). The van der Waals surface area contributed by atoms with Gasteiger partial charge in [0.2, 0.25) is 0 Å². The zero-order chi connectivity index (χ0) is 22.8. The van der Waals surface area contributed by atoms with Crippen molar-refractivity contribution in [1.82, 2.24) is 0 Å². The van der Waals surface area contributed by atoms with E-state index in [0.29, 0.717) is 11.8 Å². The van der Waals surface area contributed by atoms with Crippen molar-refractivity contribution in [3.63, 3.8) is 0 Å². The molecule has 0 amide bonds. The summed E-state index contributed by atoms with van der Waals surface area (Å²) in [6, 6.07) is 7.39. The molecule has 0 bridgehead atoms. The van der Waals surface area contributed by atoms with E-state index in [0.717, 1.165) is 44.1 Å². The van der Waals surface area contributed by atoms with Gasteiger partial charge >= 0.3 is 0 Å². The molecule has 6 atom stereocenters. The molecule has 3 nitrogen and oxygen atoms in total. The van der Waals surface area contributed by atoms with Crippen molar-refractivity contribution in [2.45, 2.75) is 114 Å². The minimum Gasteiger partial charge on any atom is -0.385 e. The van der Waals surface area contributed by atoms with Gasteiger partial charge in [-0.2, -0.15) is 0 Å². The number of hydrogen-bond acceptors (Lipinski definition) is 3. The second-order valence-electron chi connectivity index (χ2n) is 12.3. The average Bonchev–Trinajstić information content (AvgIpc) is 3.29. The standard InChI is InChI=1S/C29H48N2O/c1-21-10-12-28(30,17-21)18-22(2)19-29(31)13-11-27(20-29)26-9-8-24-15-23(5-4-14-32-3)6-7-25(24)16-26/h8-9,16,21-23,27H,4-7,10-15,17-20,30-31H2,1-3H3/t21-,22?,23?,27-,28+,29-/m0/s1. The van der Waals surface area contributed by atoms with Crippen LogP contribution in [0.2, 0.25) is 0 Å². The van der Waals surface area contributed by atoms with Crippen LogP contribution in [0.25, 0.3) is 0 Å². The average molecular weight is 441 g/mol. The van der Waals surface area contributed by atoms with Crippen molar-refractivity contribution in [3.05, 3.63) is 34.9 Å². The number of rotatable bonds is 9. The number of methoxy groups -OCH3 is 1. The highest BCUT2D eigenvalue weighted by Crippen LogP contribution is 2.45. The topological polar surface area (TPSA) is 61.3 Å². The van der Waals surface area contributed by atoms with Crippen LogP contribution in [-0.2, 0) is 17.6 Å². The molecule has 2 saturated carbocycles. The molecule has 3 aliphatic rings. The van der Waals surface area contributed by atoms with Gasteiger partial charge in [-0.3, -0.25) is 0 Å². The Labute approximate surface area is 197 Å². The first-order valence-electron chi connectivity index (χ1n) is 13.5. The van der Waals surface area contributed by atoms with Crippen LogP contribution in [0.5, 0.6) is 0 Å². The van der Waals surface area contributed by atoms with Crippen LogP contribution in [-0.4, -0.2) is 24.8 Å². The van der Waals surface area contributed by atoms with E-state index in [2.05, 4.69) is 32.0 Å². The summed E-state index contributed by atoms with van der Waals surface area (Å²) in [5.74, 6) is 2.88. The highest BCUT2D eigenvalue weighted by Gasteiger charge is 2.40. The number of hydrogen-bond donors (Lipinski definition) is 2. The van der Waals surface area contributed by atoms with Crippen LogP contribution in [0.4, 0.5) is 0 Å².